The van der Waals surface area contributed by atoms with Crippen molar-refractivity contribution in [1.82, 2.24) is 0 Å². The Morgan fingerprint density at radius 1 is 1.20 bits per heavy atom. The van der Waals surface area contributed by atoms with Crippen molar-refractivity contribution in [3.8, 4) is 5.75 Å². The molecule has 1 aromatic carbocycles. The second-order valence-corrected chi connectivity index (χ2v) is 3.75. The maximum Gasteiger partial charge on any atom is 0.119 e. The minimum Gasteiger partial charge on any atom is -0.493 e. The van der Waals surface area contributed by atoms with Crippen molar-refractivity contribution in [1.29, 1.82) is 0 Å². The van der Waals surface area contributed by atoms with Gasteiger partial charge in [-0.25, -0.2) is 0 Å². The summed E-state index contributed by atoms with van der Waals surface area (Å²) in [6.45, 7) is 2.72. The molecule has 0 amide bonds. The average molecular weight is 208 g/mol. The second-order valence-electron chi connectivity index (χ2n) is 3.75. The molecule has 1 aromatic rings. The van der Waals surface area contributed by atoms with Crippen molar-refractivity contribution in [2.75, 3.05) is 6.61 Å². The Morgan fingerprint density at radius 3 is 2.60 bits per heavy atom. The predicted octanol–water partition coefficient (Wildman–Crippen LogP) is 3.01. The van der Waals surface area contributed by atoms with Crippen LogP contribution in [0.25, 0.3) is 0 Å². The summed E-state index contributed by atoms with van der Waals surface area (Å²) in [5.74, 6) is 0.875. The molecule has 0 radical (unpaired) electrons. The van der Waals surface area contributed by atoms with E-state index in [0.29, 0.717) is 6.61 Å². The fraction of sp³-hybridized carbons (Fsp3) is 0.538. The third-order valence-electron chi connectivity index (χ3n) is 2.35. The van der Waals surface area contributed by atoms with Gasteiger partial charge >= 0.3 is 0 Å². The van der Waals surface area contributed by atoms with Crippen molar-refractivity contribution < 1.29 is 9.84 Å². The molecule has 0 saturated heterocycles. The van der Waals surface area contributed by atoms with Crippen LogP contribution in [-0.2, 0) is 0 Å². The lowest BCUT2D eigenvalue weighted by molar-refractivity contribution is 0.128. The molecular weight excluding hydrogens is 188 g/mol. The van der Waals surface area contributed by atoms with Crippen molar-refractivity contribution in [3.05, 3.63) is 30.3 Å². The molecular formula is C13H20O2. The molecule has 84 valence electrons. The molecule has 2 heteroatoms. The fourth-order valence-electron chi connectivity index (χ4n) is 1.41. The summed E-state index contributed by atoms with van der Waals surface area (Å²) >= 11 is 0. The van der Waals surface area contributed by atoms with Gasteiger partial charge in [0.1, 0.15) is 5.75 Å². The summed E-state index contributed by atoms with van der Waals surface area (Å²) in [6, 6.07) is 9.71. The highest BCUT2D eigenvalue weighted by Gasteiger charge is 2.03. The Bertz CT molecular complexity index is 246. The number of aliphatic hydroxyl groups is 1. The normalized spacial score (nSPS) is 12.4. The Kier molecular flexibility index (Phi) is 5.86. The topological polar surface area (TPSA) is 29.5 Å². The number of rotatable bonds is 7. The Balaban J connectivity index is 2.11. The summed E-state index contributed by atoms with van der Waals surface area (Å²) in [5, 5.41) is 9.58. The third-order valence-corrected chi connectivity index (χ3v) is 2.35. The van der Waals surface area contributed by atoms with Crippen LogP contribution in [0.5, 0.6) is 5.75 Å². The average Bonchev–Trinajstić information content (AvgIpc) is 2.28. The molecule has 0 aliphatic heterocycles. The number of para-hydroxylation sites is 1. The first-order valence-electron chi connectivity index (χ1n) is 5.69. The van der Waals surface area contributed by atoms with Gasteiger partial charge in [-0.2, -0.15) is 0 Å². The summed E-state index contributed by atoms with van der Waals surface area (Å²) in [6.07, 6.45) is 3.61. The summed E-state index contributed by atoms with van der Waals surface area (Å²) < 4.78 is 5.50. The highest BCUT2D eigenvalue weighted by molar-refractivity contribution is 5.20. The first kappa shape index (κ1) is 12.1. The standard InChI is InChI=1S/C13H20O2/c1-2-3-7-12(14)10-11-15-13-8-5-4-6-9-13/h4-6,8-9,12,14H,2-3,7,10-11H2,1H3. The third kappa shape index (κ3) is 5.43. The lowest BCUT2D eigenvalue weighted by Crippen LogP contribution is -2.11. The SMILES string of the molecule is CCCCC(O)CCOc1ccccc1. The molecule has 0 aliphatic rings. The number of ether oxygens (including phenoxy) is 1. The minimum atomic E-state index is -0.214. The molecule has 0 aliphatic carbocycles. The van der Waals surface area contributed by atoms with Gasteiger partial charge in [0.15, 0.2) is 0 Å². The lowest BCUT2D eigenvalue weighted by Gasteiger charge is -2.10. The molecule has 15 heavy (non-hydrogen) atoms. The van der Waals surface area contributed by atoms with E-state index >= 15 is 0 Å². The smallest absolute Gasteiger partial charge is 0.119 e. The Morgan fingerprint density at radius 2 is 1.93 bits per heavy atom. The lowest BCUT2D eigenvalue weighted by atomic mass is 10.1. The molecule has 0 heterocycles. The molecule has 1 unspecified atom stereocenters. The predicted molar refractivity (Wildman–Crippen MR) is 62.1 cm³/mol. The maximum absolute atomic E-state index is 9.58. The van der Waals surface area contributed by atoms with Gasteiger partial charge in [-0.3, -0.25) is 0 Å². The van der Waals surface area contributed by atoms with E-state index in [9.17, 15) is 5.11 Å². The molecule has 0 aromatic heterocycles. The molecule has 0 bridgehead atoms. The zero-order valence-corrected chi connectivity index (χ0v) is 9.36. The van der Waals surface area contributed by atoms with Crippen LogP contribution in [0, 0.1) is 0 Å². The number of unbranched alkanes of at least 4 members (excludes halogenated alkanes) is 1. The van der Waals surface area contributed by atoms with E-state index in [2.05, 4.69) is 6.92 Å². The summed E-state index contributed by atoms with van der Waals surface area (Å²) in [5.41, 5.74) is 0. The maximum atomic E-state index is 9.58. The van der Waals surface area contributed by atoms with Gasteiger partial charge in [0, 0.05) is 6.42 Å². The summed E-state index contributed by atoms with van der Waals surface area (Å²) in [4.78, 5) is 0. The van der Waals surface area contributed by atoms with Gasteiger partial charge < -0.3 is 9.84 Å². The Labute approximate surface area is 91.9 Å². The summed E-state index contributed by atoms with van der Waals surface area (Å²) in [7, 11) is 0. The van der Waals surface area contributed by atoms with Crippen LogP contribution in [0.15, 0.2) is 30.3 Å². The van der Waals surface area contributed by atoms with Crippen LogP contribution in [-0.4, -0.2) is 17.8 Å². The first-order chi connectivity index (χ1) is 7.33. The molecule has 1 atom stereocenters. The van der Waals surface area contributed by atoms with Crippen molar-refractivity contribution >= 4 is 0 Å². The van der Waals surface area contributed by atoms with Gasteiger partial charge in [0.2, 0.25) is 0 Å². The quantitative estimate of drug-likeness (QED) is 0.746. The van der Waals surface area contributed by atoms with Gasteiger partial charge in [-0.05, 0) is 18.6 Å². The highest BCUT2D eigenvalue weighted by atomic mass is 16.5. The van der Waals surface area contributed by atoms with E-state index in [-0.39, 0.29) is 6.10 Å². The van der Waals surface area contributed by atoms with E-state index in [0.717, 1.165) is 31.4 Å². The molecule has 1 rings (SSSR count). The van der Waals surface area contributed by atoms with E-state index in [1.54, 1.807) is 0 Å². The minimum absolute atomic E-state index is 0.214. The van der Waals surface area contributed by atoms with Crippen LogP contribution in [0.3, 0.4) is 0 Å². The zero-order chi connectivity index (χ0) is 10.9. The van der Waals surface area contributed by atoms with Crippen molar-refractivity contribution in [2.45, 2.75) is 38.7 Å². The molecule has 0 fully saturated rings. The number of hydrogen-bond acceptors (Lipinski definition) is 2. The van der Waals surface area contributed by atoms with Gasteiger partial charge in [-0.15, -0.1) is 0 Å². The first-order valence-corrected chi connectivity index (χ1v) is 5.69. The second kappa shape index (κ2) is 7.30. The van der Waals surface area contributed by atoms with E-state index in [1.165, 1.54) is 0 Å². The van der Waals surface area contributed by atoms with Gasteiger partial charge in [-0.1, -0.05) is 38.0 Å². The van der Waals surface area contributed by atoms with Gasteiger partial charge in [0.25, 0.3) is 0 Å². The van der Waals surface area contributed by atoms with Crippen LogP contribution in [0.1, 0.15) is 32.6 Å². The molecule has 0 spiro atoms. The van der Waals surface area contributed by atoms with Gasteiger partial charge in [0.05, 0.1) is 12.7 Å². The van der Waals surface area contributed by atoms with E-state index in [4.69, 9.17) is 4.74 Å². The Hall–Kier alpha value is -1.02. The van der Waals surface area contributed by atoms with Crippen LogP contribution < -0.4 is 4.74 Å². The highest BCUT2D eigenvalue weighted by Crippen LogP contribution is 2.10. The number of hydrogen-bond donors (Lipinski definition) is 1. The van der Waals surface area contributed by atoms with Crippen LogP contribution in [0.4, 0.5) is 0 Å². The monoisotopic (exact) mass is 208 g/mol. The largest absolute Gasteiger partial charge is 0.493 e. The number of aliphatic hydroxyl groups excluding tert-OH is 1. The molecule has 1 N–H and O–H groups in total. The van der Waals surface area contributed by atoms with E-state index < -0.39 is 0 Å². The molecule has 2 nitrogen and oxygen atoms in total. The van der Waals surface area contributed by atoms with Crippen molar-refractivity contribution in [3.63, 3.8) is 0 Å². The van der Waals surface area contributed by atoms with Crippen molar-refractivity contribution in [2.24, 2.45) is 0 Å². The van der Waals surface area contributed by atoms with Crippen LogP contribution in [0.2, 0.25) is 0 Å². The van der Waals surface area contributed by atoms with Crippen LogP contribution >= 0.6 is 0 Å². The zero-order valence-electron chi connectivity index (χ0n) is 9.36. The fourth-order valence-corrected chi connectivity index (χ4v) is 1.41. The molecule has 0 saturated carbocycles. The number of benzene rings is 1. The van der Waals surface area contributed by atoms with E-state index in [1.807, 2.05) is 30.3 Å².